The van der Waals surface area contributed by atoms with E-state index in [1.807, 2.05) is 0 Å². The van der Waals surface area contributed by atoms with Gasteiger partial charge < -0.3 is 15.5 Å². The molecule has 10 heteroatoms. The summed E-state index contributed by atoms with van der Waals surface area (Å²) in [6, 6.07) is -1.44. The Labute approximate surface area is 114 Å². The van der Waals surface area contributed by atoms with Gasteiger partial charge >= 0.3 is 11.9 Å². The van der Waals surface area contributed by atoms with Crippen LogP contribution in [0, 0.1) is 0 Å². The van der Waals surface area contributed by atoms with E-state index >= 15 is 0 Å². The van der Waals surface area contributed by atoms with Crippen LogP contribution in [0.25, 0.3) is 0 Å². The maximum absolute atomic E-state index is 11.4. The molecular weight excluding hydrogens is 276 g/mol. The molecule has 0 saturated carbocycles. The lowest BCUT2D eigenvalue weighted by Gasteiger charge is -2.12. The Kier molecular flexibility index (Phi) is 9.20. The molecular formula is C10H18N2O8. The third-order valence-electron chi connectivity index (χ3n) is 2.27. The van der Waals surface area contributed by atoms with Gasteiger partial charge in [0.2, 0.25) is 5.91 Å². The Morgan fingerprint density at radius 1 is 1.10 bits per heavy atom. The number of hydrogen-bond acceptors (Lipinski definition) is 7. The summed E-state index contributed by atoms with van der Waals surface area (Å²) in [5.41, 5.74) is 0. The fourth-order valence-corrected chi connectivity index (χ4v) is 1.35. The molecule has 0 aliphatic heterocycles. The fraction of sp³-hybridized carbons (Fsp3) is 0.700. The van der Waals surface area contributed by atoms with Crippen molar-refractivity contribution >= 4 is 17.8 Å². The van der Waals surface area contributed by atoms with Gasteiger partial charge in [0.1, 0.15) is 6.04 Å². The summed E-state index contributed by atoms with van der Waals surface area (Å²) in [4.78, 5) is 36.8. The van der Waals surface area contributed by atoms with Gasteiger partial charge in [-0.3, -0.25) is 24.8 Å². The molecule has 0 aromatic carbocycles. The molecule has 0 radical (unpaired) electrons. The first-order chi connectivity index (χ1) is 9.32. The van der Waals surface area contributed by atoms with Gasteiger partial charge in [-0.15, -0.1) is 0 Å². The van der Waals surface area contributed by atoms with Gasteiger partial charge in [-0.2, -0.15) is 0 Å². The number of carboxylic acids is 2. The predicted molar refractivity (Wildman–Crippen MR) is 61.7 cm³/mol. The van der Waals surface area contributed by atoms with Gasteiger partial charge in [-0.25, -0.2) is 4.79 Å². The molecule has 0 aliphatic carbocycles. The number of carbonyl (C=O) groups is 3. The van der Waals surface area contributed by atoms with E-state index < -0.39 is 35.7 Å². The summed E-state index contributed by atoms with van der Waals surface area (Å²) >= 11 is 0. The summed E-state index contributed by atoms with van der Waals surface area (Å²) in [5, 5.41) is 35.4. The Balaban J connectivity index is 3.80. The maximum Gasteiger partial charge on any atom is 0.326 e. The van der Waals surface area contributed by atoms with Gasteiger partial charge in [-0.05, 0) is 12.8 Å². The summed E-state index contributed by atoms with van der Waals surface area (Å²) in [6.07, 6.45) is 0.828. The third kappa shape index (κ3) is 10.2. The molecule has 1 amide bonds. The molecule has 0 aromatic rings. The van der Waals surface area contributed by atoms with E-state index in [-0.39, 0.29) is 13.0 Å². The number of carboxylic acid groups (broad SMARTS) is 2. The molecule has 0 aliphatic rings. The molecule has 1 atom stereocenters. The van der Waals surface area contributed by atoms with Gasteiger partial charge in [0.15, 0.2) is 0 Å². The summed E-state index contributed by atoms with van der Waals surface area (Å²) < 4.78 is 0. The highest BCUT2D eigenvalue weighted by Crippen LogP contribution is 2.02. The second-order valence-corrected chi connectivity index (χ2v) is 3.95. The molecule has 0 bridgehead atoms. The van der Waals surface area contributed by atoms with Crippen LogP contribution in [-0.4, -0.2) is 56.5 Å². The van der Waals surface area contributed by atoms with E-state index in [0.29, 0.717) is 19.3 Å². The smallest absolute Gasteiger partial charge is 0.326 e. The Hall–Kier alpha value is -1.75. The molecule has 20 heavy (non-hydrogen) atoms. The Morgan fingerprint density at radius 2 is 1.75 bits per heavy atom. The van der Waals surface area contributed by atoms with Crippen molar-refractivity contribution in [2.75, 3.05) is 6.61 Å². The van der Waals surface area contributed by atoms with Crippen molar-refractivity contribution in [2.45, 2.75) is 38.1 Å². The van der Waals surface area contributed by atoms with Crippen LogP contribution in [-0.2, 0) is 19.2 Å². The van der Waals surface area contributed by atoms with Crippen LogP contribution in [0.5, 0.6) is 0 Å². The van der Waals surface area contributed by atoms with Gasteiger partial charge in [0.25, 0.3) is 0 Å². The first kappa shape index (κ1) is 18.2. The molecule has 0 saturated heterocycles. The van der Waals surface area contributed by atoms with Crippen LogP contribution in [0.1, 0.15) is 32.1 Å². The molecule has 0 spiro atoms. The van der Waals surface area contributed by atoms with Gasteiger partial charge in [0.05, 0.1) is 18.4 Å². The van der Waals surface area contributed by atoms with Crippen LogP contribution in [0.2, 0.25) is 0 Å². The largest absolute Gasteiger partial charge is 0.481 e. The minimum absolute atomic E-state index is 0.0470. The van der Waals surface area contributed by atoms with Crippen molar-refractivity contribution < 1.29 is 39.8 Å². The number of nitrogens with one attached hydrogen (secondary N) is 1. The van der Waals surface area contributed by atoms with Crippen molar-refractivity contribution in [3.8, 4) is 0 Å². The molecule has 10 nitrogen and oxygen atoms in total. The summed E-state index contributed by atoms with van der Waals surface area (Å²) in [5.74, 6) is -3.27. The van der Waals surface area contributed by atoms with Gasteiger partial charge in [-0.1, -0.05) is 6.42 Å². The zero-order chi connectivity index (χ0) is 15.5. The average Bonchev–Trinajstić information content (AvgIpc) is 2.31. The third-order valence-corrected chi connectivity index (χ3v) is 2.27. The zero-order valence-corrected chi connectivity index (χ0v) is 10.7. The number of nitrogens with zero attached hydrogens (tertiary/aromatic N) is 1. The molecule has 0 fully saturated rings. The summed E-state index contributed by atoms with van der Waals surface area (Å²) in [7, 11) is 0. The monoisotopic (exact) mass is 294 g/mol. The first-order valence-corrected chi connectivity index (χ1v) is 5.87. The Morgan fingerprint density at radius 3 is 2.25 bits per heavy atom. The predicted octanol–water partition coefficient (Wildman–Crippen LogP) is -0.397. The normalized spacial score (nSPS) is 12.2. The zero-order valence-electron chi connectivity index (χ0n) is 10.7. The topological polar surface area (TPSA) is 157 Å². The van der Waals surface area contributed by atoms with Crippen LogP contribution < -0.4 is 5.32 Å². The van der Waals surface area contributed by atoms with E-state index in [0.717, 1.165) is 0 Å². The lowest BCUT2D eigenvalue weighted by atomic mass is 10.1. The average molecular weight is 294 g/mol. The lowest BCUT2D eigenvalue weighted by Crippen LogP contribution is -2.42. The minimum Gasteiger partial charge on any atom is -0.481 e. The van der Waals surface area contributed by atoms with Crippen LogP contribution >= 0.6 is 0 Å². The van der Waals surface area contributed by atoms with Crippen LogP contribution in [0.3, 0.4) is 0 Å². The van der Waals surface area contributed by atoms with Crippen molar-refractivity contribution in [2.24, 2.45) is 0 Å². The Bertz CT molecular complexity index is 333. The number of carbonyl (C=O) groups excluding carboxylic acids is 1. The maximum atomic E-state index is 11.4. The SMILES string of the molecule is O=C(O)CC(NC(=O)CCCCCON(O)O)C(=O)O. The van der Waals surface area contributed by atoms with Crippen molar-refractivity contribution in [3.63, 3.8) is 0 Å². The summed E-state index contributed by atoms with van der Waals surface area (Å²) in [6.45, 7) is 0.0609. The number of unbranched alkanes of at least 4 members (excludes halogenated alkanes) is 2. The number of aliphatic carboxylic acids is 2. The highest BCUT2D eigenvalue weighted by atomic mass is 17.1. The van der Waals surface area contributed by atoms with Crippen LogP contribution in [0.4, 0.5) is 0 Å². The highest BCUT2D eigenvalue weighted by molar-refractivity contribution is 5.86. The quantitative estimate of drug-likeness (QED) is 0.252. The van der Waals surface area contributed by atoms with Crippen LogP contribution in [0.15, 0.2) is 0 Å². The molecule has 116 valence electrons. The van der Waals surface area contributed by atoms with E-state index in [4.69, 9.17) is 20.6 Å². The molecule has 1 unspecified atom stereocenters. The number of hydrogen-bond donors (Lipinski definition) is 5. The van der Waals surface area contributed by atoms with E-state index in [1.165, 1.54) is 0 Å². The first-order valence-electron chi connectivity index (χ1n) is 5.87. The van der Waals surface area contributed by atoms with E-state index in [9.17, 15) is 14.4 Å². The second-order valence-electron chi connectivity index (χ2n) is 3.95. The number of rotatable bonds is 11. The van der Waals surface area contributed by atoms with E-state index in [2.05, 4.69) is 10.2 Å². The van der Waals surface area contributed by atoms with Crippen molar-refractivity contribution in [3.05, 3.63) is 0 Å². The minimum atomic E-state index is -1.44. The molecule has 0 rings (SSSR count). The second kappa shape index (κ2) is 10.1. The van der Waals surface area contributed by atoms with Crippen molar-refractivity contribution in [1.82, 2.24) is 10.7 Å². The highest BCUT2D eigenvalue weighted by Gasteiger charge is 2.22. The molecule has 0 heterocycles. The lowest BCUT2D eigenvalue weighted by molar-refractivity contribution is -0.492. The molecule has 0 aromatic heterocycles. The number of amides is 1. The standard InChI is InChI=1S/C10H18N2O8/c13-8(4-2-1-3-5-20-12(18)19)11-7(10(16)17)6-9(14)15/h7,18-19H,1-6H2,(H,11,13)(H,14,15)(H,16,17). The fourth-order valence-electron chi connectivity index (χ4n) is 1.35. The van der Waals surface area contributed by atoms with E-state index in [1.54, 1.807) is 0 Å². The van der Waals surface area contributed by atoms with Crippen molar-refractivity contribution in [1.29, 1.82) is 0 Å². The molecule has 5 N–H and O–H groups in total. The van der Waals surface area contributed by atoms with Gasteiger partial charge in [0, 0.05) is 6.42 Å².